The number of ketones is 1. The summed E-state index contributed by atoms with van der Waals surface area (Å²) in [5, 5.41) is 19.3. The van der Waals surface area contributed by atoms with E-state index in [1.165, 1.54) is 14.0 Å². The highest BCUT2D eigenvalue weighted by molar-refractivity contribution is 6.10. The standard InChI is InChI=1S/C37H57N3O14/c1-31(42)36(37(43)38-34-5-3-4-6-35(34)44-2)40-39-32-7-9-33(10-8-32)54-30-29-53-28-27-52-26-25-51-24-23-50-22-21-49-20-19-48-18-17-47-16-15-46-14-13-45-12-11-41/h3-10,36,41H,11-30H2,1-2H3,(H,38,43). The zero-order chi connectivity index (χ0) is 38.7. The van der Waals surface area contributed by atoms with Crippen molar-refractivity contribution in [3.8, 4) is 11.5 Å². The molecule has 0 heterocycles. The number of carbonyl (C=O) groups is 2. The summed E-state index contributed by atoms with van der Waals surface area (Å²) in [6.07, 6.45) is 0. The Bertz CT molecular complexity index is 1250. The SMILES string of the molecule is COc1ccccc1NC(=O)C(N=Nc1ccc(OCCOCCOCCOCCOCCOCCOCCOCCOCCOCCO)cc1)C(C)=O. The molecule has 0 aromatic heterocycles. The molecule has 0 spiro atoms. The highest BCUT2D eigenvalue weighted by atomic mass is 16.6. The number of azo groups is 1. The van der Waals surface area contributed by atoms with E-state index in [9.17, 15) is 9.59 Å². The van der Waals surface area contributed by atoms with E-state index in [0.717, 1.165) is 0 Å². The molecular weight excluding hydrogens is 710 g/mol. The van der Waals surface area contributed by atoms with Gasteiger partial charge < -0.3 is 62.5 Å². The summed E-state index contributed by atoms with van der Waals surface area (Å²) in [6, 6.07) is 12.4. The van der Waals surface area contributed by atoms with Crippen LogP contribution >= 0.6 is 0 Å². The molecule has 1 unspecified atom stereocenters. The summed E-state index contributed by atoms with van der Waals surface area (Å²) in [6.45, 7) is 9.86. The fourth-order valence-electron chi connectivity index (χ4n) is 4.15. The summed E-state index contributed by atoms with van der Waals surface area (Å²) >= 11 is 0. The molecule has 0 fully saturated rings. The van der Waals surface area contributed by atoms with Crippen LogP contribution in [-0.2, 0) is 52.2 Å². The Morgan fingerprint density at radius 3 is 1.41 bits per heavy atom. The van der Waals surface area contributed by atoms with E-state index in [-0.39, 0.29) is 6.61 Å². The van der Waals surface area contributed by atoms with Crippen molar-refractivity contribution in [2.24, 2.45) is 10.2 Å². The van der Waals surface area contributed by atoms with E-state index in [1.54, 1.807) is 48.5 Å². The Morgan fingerprint density at radius 2 is 1.00 bits per heavy atom. The molecule has 0 bridgehead atoms. The Labute approximate surface area is 317 Å². The number of hydrogen-bond acceptors (Lipinski definition) is 16. The third-order valence-electron chi connectivity index (χ3n) is 6.83. The minimum absolute atomic E-state index is 0.0149. The number of methoxy groups -OCH3 is 1. The minimum Gasteiger partial charge on any atom is -0.495 e. The van der Waals surface area contributed by atoms with Crippen molar-refractivity contribution < 1.29 is 66.8 Å². The molecule has 0 aliphatic carbocycles. The molecule has 17 nitrogen and oxygen atoms in total. The van der Waals surface area contributed by atoms with Crippen LogP contribution in [0.4, 0.5) is 11.4 Å². The Kier molecular flexibility index (Phi) is 28.2. The van der Waals surface area contributed by atoms with Crippen LogP contribution in [0.1, 0.15) is 6.92 Å². The molecule has 0 aliphatic rings. The molecule has 0 aliphatic heterocycles. The van der Waals surface area contributed by atoms with Crippen LogP contribution in [0.15, 0.2) is 58.8 Å². The summed E-state index contributed by atoms with van der Waals surface area (Å²) < 4.78 is 59.7. The van der Waals surface area contributed by atoms with Gasteiger partial charge >= 0.3 is 0 Å². The zero-order valence-corrected chi connectivity index (χ0v) is 31.5. The number of nitrogens with zero attached hydrogens (tertiary/aromatic N) is 2. The van der Waals surface area contributed by atoms with Crippen molar-refractivity contribution in [2.45, 2.75) is 13.0 Å². The monoisotopic (exact) mass is 767 g/mol. The molecule has 2 N–H and O–H groups in total. The van der Waals surface area contributed by atoms with Crippen LogP contribution in [0.3, 0.4) is 0 Å². The first kappa shape index (κ1) is 46.5. The molecule has 54 heavy (non-hydrogen) atoms. The van der Waals surface area contributed by atoms with Crippen LogP contribution in [-0.4, -0.2) is 162 Å². The number of Topliss-reactive ketones (excluding diaryl/α,β-unsaturated/α-hetero) is 1. The predicted molar refractivity (Wildman–Crippen MR) is 197 cm³/mol. The van der Waals surface area contributed by atoms with Crippen molar-refractivity contribution in [3.05, 3.63) is 48.5 Å². The third-order valence-corrected chi connectivity index (χ3v) is 6.83. The lowest BCUT2D eigenvalue weighted by Gasteiger charge is -2.12. The van der Waals surface area contributed by atoms with Crippen LogP contribution in [0.2, 0.25) is 0 Å². The maximum Gasteiger partial charge on any atom is 0.258 e. The second-order valence-electron chi connectivity index (χ2n) is 11.0. The molecule has 1 atom stereocenters. The van der Waals surface area contributed by atoms with Gasteiger partial charge in [0.25, 0.3) is 5.91 Å². The molecule has 17 heteroatoms. The van der Waals surface area contributed by atoms with Gasteiger partial charge in [-0.15, -0.1) is 0 Å². The number of benzene rings is 2. The van der Waals surface area contributed by atoms with Crippen molar-refractivity contribution in [1.82, 2.24) is 0 Å². The van der Waals surface area contributed by atoms with Gasteiger partial charge in [0.2, 0.25) is 6.04 Å². The lowest BCUT2D eigenvalue weighted by atomic mass is 10.2. The van der Waals surface area contributed by atoms with E-state index < -0.39 is 17.7 Å². The second-order valence-corrected chi connectivity index (χ2v) is 11.0. The average molecular weight is 768 g/mol. The normalized spacial score (nSPS) is 11.9. The molecular formula is C37H57N3O14. The summed E-state index contributed by atoms with van der Waals surface area (Å²) in [4.78, 5) is 24.8. The Balaban J connectivity index is 1.35. The van der Waals surface area contributed by atoms with Crippen LogP contribution < -0.4 is 14.8 Å². The van der Waals surface area contributed by atoms with Gasteiger partial charge in [-0.3, -0.25) is 9.59 Å². The van der Waals surface area contributed by atoms with Crippen LogP contribution in [0.25, 0.3) is 0 Å². The maximum absolute atomic E-state index is 12.7. The zero-order valence-electron chi connectivity index (χ0n) is 31.5. The van der Waals surface area contributed by atoms with Gasteiger partial charge in [0.1, 0.15) is 18.1 Å². The minimum atomic E-state index is -1.31. The fourth-order valence-corrected chi connectivity index (χ4v) is 4.15. The van der Waals surface area contributed by atoms with E-state index in [1.807, 2.05) is 0 Å². The summed E-state index contributed by atoms with van der Waals surface area (Å²) in [5.74, 6) is 0.0279. The second kappa shape index (κ2) is 32.8. The first-order valence-corrected chi connectivity index (χ1v) is 17.9. The van der Waals surface area contributed by atoms with Gasteiger partial charge in [0, 0.05) is 0 Å². The third kappa shape index (κ3) is 23.9. The Hall–Kier alpha value is -3.62. The van der Waals surface area contributed by atoms with Gasteiger partial charge in [-0.2, -0.15) is 10.2 Å². The molecule has 1 amide bonds. The molecule has 0 saturated heterocycles. The van der Waals surface area contributed by atoms with Crippen LogP contribution in [0, 0.1) is 0 Å². The summed E-state index contributed by atoms with van der Waals surface area (Å²) in [7, 11) is 1.49. The van der Waals surface area contributed by atoms with Gasteiger partial charge in [-0.1, -0.05) is 12.1 Å². The number of carbonyl (C=O) groups excluding carboxylic acids is 2. The Morgan fingerprint density at radius 1 is 0.593 bits per heavy atom. The maximum atomic E-state index is 12.7. The molecule has 2 aromatic carbocycles. The quantitative estimate of drug-likeness (QED) is 0.0584. The van der Waals surface area contributed by atoms with Crippen molar-refractivity contribution in [2.75, 3.05) is 145 Å². The molecule has 2 rings (SSSR count). The number of aliphatic hydroxyl groups is 1. The van der Waals surface area contributed by atoms with Gasteiger partial charge in [-0.05, 0) is 43.3 Å². The highest BCUT2D eigenvalue weighted by Crippen LogP contribution is 2.24. The number of ether oxygens (including phenoxy) is 11. The summed E-state index contributed by atoms with van der Waals surface area (Å²) in [5.41, 5.74) is 0.894. The number of anilines is 1. The molecule has 304 valence electrons. The van der Waals surface area contributed by atoms with Gasteiger partial charge in [-0.25, -0.2) is 0 Å². The number of aliphatic hydroxyl groups excluding tert-OH is 1. The predicted octanol–water partition coefficient (Wildman–Crippen LogP) is 2.90. The molecule has 0 saturated carbocycles. The van der Waals surface area contributed by atoms with Crippen molar-refractivity contribution in [1.29, 1.82) is 0 Å². The van der Waals surface area contributed by atoms with Gasteiger partial charge in [0.15, 0.2) is 5.78 Å². The van der Waals surface area contributed by atoms with Crippen molar-refractivity contribution in [3.63, 3.8) is 0 Å². The highest BCUT2D eigenvalue weighted by Gasteiger charge is 2.24. The van der Waals surface area contributed by atoms with E-state index >= 15 is 0 Å². The first-order chi connectivity index (χ1) is 26.5. The van der Waals surface area contributed by atoms with Crippen molar-refractivity contribution >= 4 is 23.1 Å². The number of amides is 1. The smallest absolute Gasteiger partial charge is 0.258 e. The van der Waals surface area contributed by atoms with Crippen LogP contribution in [0.5, 0.6) is 11.5 Å². The number of rotatable bonds is 36. The number of nitrogens with one attached hydrogen (secondary N) is 1. The topological polar surface area (TPSA) is 193 Å². The van der Waals surface area contributed by atoms with E-state index in [0.29, 0.717) is 148 Å². The van der Waals surface area contributed by atoms with E-state index in [2.05, 4.69) is 15.5 Å². The lowest BCUT2D eigenvalue weighted by Crippen LogP contribution is -2.31. The number of hydrogen-bond donors (Lipinski definition) is 2. The number of para-hydroxylation sites is 2. The average Bonchev–Trinajstić information content (AvgIpc) is 3.18. The fraction of sp³-hybridized carbons (Fsp3) is 0.622. The lowest BCUT2D eigenvalue weighted by molar-refractivity contribution is -0.126. The molecule has 0 radical (unpaired) electrons. The van der Waals surface area contributed by atoms with E-state index in [4.69, 9.17) is 57.2 Å². The molecule has 2 aromatic rings. The largest absolute Gasteiger partial charge is 0.495 e. The first-order valence-electron chi connectivity index (χ1n) is 17.9. The van der Waals surface area contributed by atoms with Gasteiger partial charge in [0.05, 0.1) is 144 Å².